The Balaban J connectivity index is 2.03. The minimum Gasteiger partial charge on any atom is -0.485 e. The minimum atomic E-state index is -0.535. The number of esters is 1. The summed E-state index contributed by atoms with van der Waals surface area (Å²) >= 11 is 4.66. The molecule has 23 heavy (non-hydrogen) atoms. The van der Waals surface area contributed by atoms with E-state index in [4.69, 9.17) is 14.9 Å². The fraction of sp³-hybridized carbons (Fsp3) is 0.133. The van der Waals surface area contributed by atoms with Crippen molar-refractivity contribution in [2.75, 3.05) is 7.11 Å². The number of nitrogens with one attached hydrogen (secondary N) is 1. The zero-order chi connectivity index (χ0) is 16.7. The lowest BCUT2D eigenvalue weighted by atomic mass is 10.2. The molecule has 0 saturated carbocycles. The van der Waals surface area contributed by atoms with Gasteiger partial charge in [0.2, 0.25) is 5.76 Å². The molecule has 0 fully saturated rings. The Morgan fingerprint density at radius 1 is 1.39 bits per heavy atom. The molecular weight excluding hydrogens is 318 g/mol. The van der Waals surface area contributed by atoms with Crippen LogP contribution in [0.4, 0.5) is 0 Å². The first-order chi connectivity index (χ1) is 11.1. The standard InChI is InChI=1S/C15H15N3O4S/c1-20-14(19)13-7-6-11(22-13)9-21-12-5-3-2-4-10(12)8-17-18-15(16)23/h2-8H,9H2,1H3,(H3,16,18,23)/b17-8-. The molecule has 0 radical (unpaired) electrons. The average Bonchev–Trinajstić information content (AvgIpc) is 3.02. The summed E-state index contributed by atoms with van der Waals surface area (Å²) in [5.74, 6) is 0.685. The molecule has 0 atom stereocenters. The highest BCUT2D eigenvalue weighted by molar-refractivity contribution is 7.80. The molecule has 3 N–H and O–H groups in total. The van der Waals surface area contributed by atoms with Crippen molar-refractivity contribution in [2.24, 2.45) is 10.8 Å². The van der Waals surface area contributed by atoms with Gasteiger partial charge in [-0.05, 0) is 36.5 Å². The van der Waals surface area contributed by atoms with Gasteiger partial charge >= 0.3 is 5.97 Å². The van der Waals surface area contributed by atoms with E-state index in [9.17, 15) is 4.79 Å². The minimum absolute atomic E-state index is 0.0746. The summed E-state index contributed by atoms with van der Waals surface area (Å²) in [7, 11) is 1.29. The molecule has 2 rings (SSSR count). The number of hydrazone groups is 1. The first-order valence-electron chi connectivity index (χ1n) is 6.57. The van der Waals surface area contributed by atoms with Gasteiger partial charge in [-0.2, -0.15) is 5.10 Å². The largest absolute Gasteiger partial charge is 0.485 e. The van der Waals surface area contributed by atoms with Crippen LogP contribution in [-0.2, 0) is 11.3 Å². The second-order valence-corrected chi connectivity index (χ2v) is 4.76. The monoisotopic (exact) mass is 333 g/mol. The van der Waals surface area contributed by atoms with E-state index in [1.54, 1.807) is 12.1 Å². The Labute approximate surface area is 138 Å². The molecule has 2 aromatic rings. The van der Waals surface area contributed by atoms with Crippen LogP contribution in [0.1, 0.15) is 21.9 Å². The van der Waals surface area contributed by atoms with E-state index < -0.39 is 5.97 Å². The second kappa shape index (κ2) is 7.95. The van der Waals surface area contributed by atoms with Crippen LogP contribution in [0, 0.1) is 0 Å². The van der Waals surface area contributed by atoms with Crippen LogP contribution >= 0.6 is 12.2 Å². The highest BCUT2D eigenvalue weighted by Crippen LogP contribution is 2.18. The lowest BCUT2D eigenvalue weighted by Gasteiger charge is -2.07. The predicted molar refractivity (Wildman–Crippen MR) is 88.3 cm³/mol. The number of methoxy groups -OCH3 is 1. The fourth-order valence-corrected chi connectivity index (χ4v) is 1.75. The van der Waals surface area contributed by atoms with Gasteiger partial charge in [-0.1, -0.05) is 12.1 Å². The van der Waals surface area contributed by atoms with Crippen LogP contribution in [0.2, 0.25) is 0 Å². The lowest BCUT2D eigenvalue weighted by molar-refractivity contribution is 0.0561. The molecule has 0 spiro atoms. The molecule has 0 aliphatic rings. The average molecular weight is 333 g/mol. The molecule has 8 heteroatoms. The lowest BCUT2D eigenvalue weighted by Crippen LogP contribution is -2.24. The van der Waals surface area contributed by atoms with Crippen molar-refractivity contribution >= 4 is 29.5 Å². The van der Waals surface area contributed by atoms with E-state index in [0.29, 0.717) is 11.5 Å². The summed E-state index contributed by atoms with van der Waals surface area (Å²) in [5.41, 5.74) is 8.50. The van der Waals surface area contributed by atoms with Gasteiger partial charge in [-0.3, -0.25) is 5.43 Å². The van der Waals surface area contributed by atoms with Gasteiger partial charge in [0.1, 0.15) is 18.1 Å². The molecule has 0 bridgehead atoms. The predicted octanol–water partition coefficient (Wildman–Crippen LogP) is 1.81. The van der Waals surface area contributed by atoms with Crippen LogP contribution in [0.5, 0.6) is 5.75 Å². The molecule has 1 aromatic heterocycles. The Hall–Kier alpha value is -2.87. The van der Waals surface area contributed by atoms with E-state index in [-0.39, 0.29) is 17.5 Å². The number of hydrogen-bond donors (Lipinski definition) is 2. The highest BCUT2D eigenvalue weighted by atomic mass is 32.1. The molecule has 0 unspecified atom stereocenters. The topological polar surface area (TPSA) is 99.1 Å². The van der Waals surface area contributed by atoms with Gasteiger partial charge in [0.05, 0.1) is 13.3 Å². The Morgan fingerprint density at radius 3 is 2.91 bits per heavy atom. The molecular formula is C15H15N3O4S. The summed E-state index contributed by atoms with van der Waals surface area (Å²) in [6.45, 7) is 0.157. The number of para-hydroxylation sites is 1. The van der Waals surface area contributed by atoms with E-state index in [1.807, 2.05) is 18.2 Å². The Kier molecular flexibility index (Phi) is 5.70. The van der Waals surface area contributed by atoms with Gasteiger partial charge in [0.25, 0.3) is 0 Å². The Morgan fingerprint density at radius 2 is 2.17 bits per heavy atom. The molecule has 7 nitrogen and oxygen atoms in total. The maximum absolute atomic E-state index is 11.3. The zero-order valence-corrected chi connectivity index (χ0v) is 13.1. The summed E-state index contributed by atoms with van der Waals surface area (Å²) in [4.78, 5) is 11.3. The molecule has 0 saturated heterocycles. The maximum atomic E-state index is 11.3. The molecule has 0 aliphatic carbocycles. The summed E-state index contributed by atoms with van der Waals surface area (Å²) in [5, 5.41) is 3.96. The van der Waals surface area contributed by atoms with E-state index >= 15 is 0 Å². The van der Waals surface area contributed by atoms with Crippen molar-refractivity contribution in [1.29, 1.82) is 0 Å². The van der Waals surface area contributed by atoms with Gasteiger partial charge in [0.15, 0.2) is 5.11 Å². The smallest absolute Gasteiger partial charge is 0.373 e. The zero-order valence-electron chi connectivity index (χ0n) is 12.3. The van der Waals surface area contributed by atoms with Gasteiger partial charge in [-0.25, -0.2) is 4.79 Å². The van der Waals surface area contributed by atoms with Crippen LogP contribution < -0.4 is 15.9 Å². The van der Waals surface area contributed by atoms with Crippen molar-refractivity contribution in [2.45, 2.75) is 6.61 Å². The van der Waals surface area contributed by atoms with Crippen molar-refractivity contribution < 1.29 is 18.7 Å². The van der Waals surface area contributed by atoms with Gasteiger partial charge < -0.3 is 19.6 Å². The van der Waals surface area contributed by atoms with Crippen molar-refractivity contribution in [3.8, 4) is 5.75 Å². The molecule has 0 amide bonds. The third-order valence-corrected chi connectivity index (χ3v) is 2.81. The number of nitrogens with zero attached hydrogens (tertiary/aromatic N) is 1. The third kappa shape index (κ3) is 4.82. The number of thiocarbonyl (C=S) groups is 1. The summed E-state index contributed by atoms with van der Waals surface area (Å²) in [6.07, 6.45) is 1.54. The SMILES string of the molecule is COC(=O)c1ccc(COc2ccccc2/C=N\NC(N)=S)o1. The van der Waals surface area contributed by atoms with Gasteiger partial charge in [0, 0.05) is 5.56 Å². The van der Waals surface area contributed by atoms with Crippen LogP contribution in [0.25, 0.3) is 0 Å². The van der Waals surface area contributed by atoms with Crippen molar-refractivity contribution in [1.82, 2.24) is 5.43 Å². The summed E-state index contributed by atoms with van der Waals surface area (Å²) in [6, 6.07) is 10.5. The normalized spacial score (nSPS) is 10.5. The first-order valence-corrected chi connectivity index (χ1v) is 6.98. The van der Waals surface area contributed by atoms with Gasteiger partial charge in [-0.15, -0.1) is 0 Å². The number of carbonyl (C=O) groups is 1. The molecule has 1 heterocycles. The van der Waals surface area contributed by atoms with E-state index in [0.717, 1.165) is 5.56 Å². The third-order valence-electron chi connectivity index (χ3n) is 2.72. The number of rotatable bonds is 6. The first kappa shape index (κ1) is 16.5. The number of ether oxygens (including phenoxy) is 2. The van der Waals surface area contributed by atoms with E-state index in [1.165, 1.54) is 19.4 Å². The number of hydrogen-bond acceptors (Lipinski definition) is 6. The van der Waals surface area contributed by atoms with E-state index in [2.05, 4.69) is 27.5 Å². The highest BCUT2D eigenvalue weighted by Gasteiger charge is 2.11. The van der Waals surface area contributed by atoms with Crippen LogP contribution in [0.3, 0.4) is 0 Å². The molecule has 1 aromatic carbocycles. The molecule has 120 valence electrons. The van der Waals surface area contributed by atoms with Crippen LogP contribution in [0.15, 0.2) is 45.9 Å². The quantitative estimate of drug-likeness (QED) is 0.360. The second-order valence-electron chi connectivity index (χ2n) is 4.32. The van der Waals surface area contributed by atoms with Crippen molar-refractivity contribution in [3.63, 3.8) is 0 Å². The summed E-state index contributed by atoms with van der Waals surface area (Å²) < 4.78 is 15.6. The van der Waals surface area contributed by atoms with Crippen LogP contribution in [-0.4, -0.2) is 24.4 Å². The number of carbonyl (C=O) groups excluding carboxylic acids is 1. The number of benzene rings is 1. The fourth-order valence-electron chi connectivity index (χ4n) is 1.70. The number of furan rings is 1. The van der Waals surface area contributed by atoms with Crippen molar-refractivity contribution in [3.05, 3.63) is 53.5 Å². The maximum Gasteiger partial charge on any atom is 0.373 e. The molecule has 0 aliphatic heterocycles. The Bertz CT molecular complexity index is 727. The number of nitrogens with two attached hydrogens (primary N) is 1.